The van der Waals surface area contributed by atoms with Gasteiger partial charge in [0, 0.05) is 30.5 Å². The van der Waals surface area contributed by atoms with Gasteiger partial charge in [0.2, 0.25) is 0 Å². The molecule has 0 fully saturated rings. The Bertz CT molecular complexity index is 518. The molecule has 0 bridgehead atoms. The van der Waals surface area contributed by atoms with E-state index in [1.54, 1.807) is 18.4 Å². The maximum Gasteiger partial charge on any atom is 0.0642 e. The Labute approximate surface area is 118 Å². The number of nitrogens with one attached hydrogen (secondary N) is 1. The number of thiophene rings is 1. The van der Waals surface area contributed by atoms with Gasteiger partial charge < -0.3 is 15.2 Å². The van der Waals surface area contributed by atoms with E-state index in [-0.39, 0.29) is 12.1 Å². The number of aliphatic hydroxyl groups excluding tert-OH is 1. The fourth-order valence-electron chi connectivity index (χ4n) is 2.26. The summed E-state index contributed by atoms with van der Waals surface area (Å²) in [5.74, 6) is 0. The molecule has 0 spiro atoms. The maximum atomic E-state index is 9.16. The summed E-state index contributed by atoms with van der Waals surface area (Å²) in [6.45, 7) is 3.64. The first-order valence-corrected chi connectivity index (χ1v) is 7.36. The van der Waals surface area contributed by atoms with Crippen LogP contribution in [0.1, 0.15) is 18.9 Å². The van der Waals surface area contributed by atoms with Crippen molar-refractivity contribution in [3.63, 3.8) is 0 Å². The van der Waals surface area contributed by atoms with E-state index in [4.69, 9.17) is 9.84 Å². The number of aliphatic hydroxyl groups is 1. The van der Waals surface area contributed by atoms with Crippen LogP contribution < -0.4 is 5.32 Å². The Hall–Kier alpha value is -0.940. The zero-order valence-electron chi connectivity index (χ0n) is 11.5. The Morgan fingerprint density at radius 1 is 1.37 bits per heavy atom. The highest BCUT2D eigenvalue weighted by Gasteiger charge is 2.23. The van der Waals surface area contributed by atoms with Crippen LogP contribution in [0.15, 0.2) is 29.6 Å². The maximum absolute atomic E-state index is 9.16. The lowest BCUT2D eigenvalue weighted by Gasteiger charge is -2.29. The van der Waals surface area contributed by atoms with Gasteiger partial charge in [-0.2, -0.15) is 0 Å². The summed E-state index contributed by atoms with van der Waals surface area (Å²) in [6.07, 6.45) is 0.683. The van der Waals surface area contributed by atoms with E-state index in [0.717, 1.165) is 6.54 Å². The predicted molar refractivity (Wildman–Crippen MR) is 80.6 cm³/mol. The summed E-state index contributed by atoms with van der Waals surface area (Å²) < 4.78 is 6.56. The molecular weight excluding hydrogens is 258 g/mol. The number of rotatable bonds is 7. The van der Waals surface area contributed by atoms with Gasteiger partial charge in [0.15, 0.2) is 0 Å². The van der Waals surface area contributed by atoms with Crippen molar-refractivity contribution in [1.29, 1.82) is 0 Å². The number of benzene rings is 1. The molecule has 0 amide bonds. The van der Waals surface area contributed by atoms with Crippen LogP contribution in [-0.2, 0) is 11.3 Å². The Morgan fingerprint density at radius 3 is 2.89 bits per heavy atom. The van der Waals surface area contributed by atoms with Crippen molar-refractivity contribution < 1.29 is 9.84 Å². The lowest BCUT2D eigenvalue weighted by Crippen LogP contribution is -2.46. The van der Waals surface area contributed by atoms with Gasteiger partial charge in [-0.15, -0.1) is 11.3 Å². The second-order valence-corrected chi connectivity index (χ2v) is 5.99. The fourth-order valence-corrected chi connectivity index (χ4v) is 3.22. The molecule has 0 aliphatic carbocycles. The molecule has 0 aliphatic rings. The minimum absolute atomic E-state index is 0.164. The standard InChI is InChI=1S/C15H21NO2S/c1-15(7-8-17,11-18-2)16-9-12-10-19-14-6-4-3-5-13(12)14/h3-6,10,16-17H,7-9,11H2,1-2H3. The van der Waals surface area contributed by atoms with Crippen molar-refractivity contribution in [2.24, 2.45) is 0 Å². The van der Waals surface area contributed by atoms with Crippen LogP contribution in [0.25, 0.3) is 10.1 Å². The normalized spacial score (nSPS) is 14.7. The molecule has 0 radical (unpaired) electrons. The third kappa shape index (κ3) is 3.54. The molecule has 104 valence electrons. The summed E-state index contributed by atoms with van der Waals surface area (Å²) in [6, 6.07) is 8.44. The summed E-state index contributed by atoms with van der Waals surface area (Å²) in [5, 5.41) is 16.2. The molecule has 1 atom stereocenters. The molecule has 4 heteroatoms. The van der Waals surface area contributed by atoms with Gasteiger partial charge in [-0.1, -0.05) is 18.2 Å². The minimum Gasteiger partial charge on any atom is -0.396 e. The van der Waals surface area contributed by atoms with E-state index in [1.165, 1.54) is 15.6 Å². The van der Waals surface area contributed by atoms with Gasteiger partial charge in [-0.25, -0.2) is 0 Å². The number of methoxy groups -OCH3 is 1. The highest BCUT2D eigenvalue weighted by Crippen LogP contribution is 2.26. The largest absolute Gasteiger partial charge is 0.396 e. The number of fused-ring (bicyclic) bond motifs is 1. The molecule has 3 nitrogen and oxygen atoms in total. The van der Waals surface area contributed by atoms with E-state index in [0.29, 0.717) is 13.0 Å². The van der Waals surface area contributed by atoms with Crippen molar-refractivity contribution in [2.75, 3.05) is 20.3 Å². The molecule has 0 saturated heterocycles. The van der Waals surface area contributed by atoms with E-state index in [1.807, 2.05) is 0 Å². The van der Waals surface area contributed by atoms with E-state index < -0.39 is 0 Å². The van der Waals surface area contributed by atoms with Crippen LogP contribution in [-0.4, -0.2) is 31.0 Å². The average molecular weight is 279 g/mol. The first-order chi connectivity index (χ1) is 9.18. The molecule has 0 aliphatic heterocycles. The molecule has 0 saturated carbocycles. The van der Waals surface area contributed by atoms with Crippen LogP contribution in [0.5, 0.6) is 0 Å². The van der Waals surface area contributed by atoms with Crippen molar-refractivity contribution >= 4 is 21.4 Å². The number of hydrogen-bond donors (Lipinski definition) is 2. The molecule has 1 aromatic heterocycles. The Kier molecular flexibility index (Phi) is 4.93. The summed E-state index contributed by atoms with van der Waals surface area (Å²) >= 11 is 1.77. The van der Waals surface area contributed by atoms with Gasteiger partial charge in [0.05, 0.1) is 6.61 Å². The predicted octanol–water partition coefficient (Wildman–Crippen LogP) is 2.78. The third-order valence-electron chi connectivity index (χ3n) is 3.39. The molecule has 2 rings (SSSR count). The number of ether oxygens (including phenoxy) is 1. The van der Waals surface area contributed by atoms with Crippen LogP contribution >= 0.6 is 11.3 Å². The van der Waals surface area contributed by atoms with Gasteiger partial charge in [-0.3, -0.25) is 0 Å². The van der Waals surface area contributed by atoms with Gasteiger partial charge in [-0.05, 0) is 35.7 Å². The van der Waals surface area contributed by atoms with Gasteiger partial charge >= 0.3 is 0 Å². The number of hydrogen-bond acceptors (Lipinski definition) is 4. The van der Waals surface area contributed by atoms with Gasteiger partial charge in [0.25, 0.3) is 0 Å². The fraction of sp³-hybridized carbons (Fsp3) is 0.467. The molecule has 1 unspecified atom stereocenters. The highest BCUT2D eigenvalue weighted by atomic mass is 32.1. The zero-order chi connectivity index (χ0) is 13.7. The molecule has 2 aromatic rings. The van der Waals surface area contributed by atoms with Crippen molar-refractivity contribution in [3.8, 4) is 0 Å². The Balaban J connectivity index is 2.08. The monoisotopic (exact) mass is 279 g/mol. The first kappa shape index (κ1) is 14.5. The lowest BCUT2D eigenvalue weighted by molar-refractivity contribution is 0.0970. The smallest absolute Gasteiger partial charge is 0.0642 e. The zero-order valence-corrected chi connectivity index (χ0v) is 12.3. The SMILES string of the molecule is COCC(C)(CCO)NCc1csc2ccccc12. The molecule has 2 N–H and O–H groups in total. The summed E-state index contributed by atoms with van der Waals surface area (Å²) in [5.41, 5.74) is 1.12. The van der Waals surface area contributed by atoms with Crippen molar-refractivity contribution in [2.45, 2.75) is 25.4 Å². The second kappa shape index (κ2) is 6.48. The van der Waals surface area contributed by atoms with E-state index in [2.05, 4.69) is 41.9 Å². The second-order valence-electron chi connectivity index (χ2n) is 5.08. The molecular formula is C15H21NO2S. The topological polar surface area (TPSA) is 41.5 Å². The van der Waals surface area contributed by atoms with Crippen LogP contribution in [0, 0.1) is 0 Å². The molecule has 1 heterocycles. The van der Waals surface area contributed by atoms with Crippen molar-refractivity contribution in [3.05, 3.63) is 35.2 Å². The van der Waals surface area contributed by atoms with Gasteiger partial charge in [0.1, 0.15) is 0 Å². The minimum atomic E-state index is -0.188. The van der Waals surface area contributed by atoms with E-state index in [9.17, 15) is 0 Å². The molecule has 1 aromatic carbocycles. The van der Waals surface area contributed by atoms with Crippen molar-refractivity contribution in [1.82, 2.24) is 5.32 Å². The average Bonchev–Trinajstić information content (AvgIpc) is 2.80. The lowest BCUT2D eigenvalue weighted by atomic mass is 9.99. The quantitative estimate of drug-likeness (QED) is 0.819. The third-order valence-corrected chi connectivity index (χ3v) is 4.41. The van der Waals surface area contributed by atoms with Crippen LogP contribution in [0.4, 0.5) is 0 Å². The first-order valence-electron chi connectivity index (χ1n) is 6.48. The summed E-state index contributed by atoms with van der Waals surface area (Å²) in [7, 11) is 1.69. The van der Waals surface area contributed by atoms with Crippen LogP contribution in [0.3, 0.4) is 0 Å². The Morgan fingerprint density at radius 2 is 2.16 bits per heavy atom. The highest BCUT2D eigenvalue weighted by molar-refractivity contribution is 7.17. The molecule has 19 heavy (non-hydrogen) atoms. The van der Waals surface area contributed by atoms with Crippen LogP contribution in [0.2, 0.25) is 0 Å². The summed E-state index contributed by atoms with van der Waals surface area (Å²) in [4.78, 5) is 0. The van der Waals surface area contributed by atoms with E-state index >= 15 is 0 Å².